The molecule has 1 saturated carbocycles. The largest absolute Gasteiger partial charge is 0.383 e. The first kappa shape index (κ1) is 12.3. The number of rotatable bonds is 6. The highest BCUT2D eigenvalue weighted by atomic mass is 16.5. The zero-order valence-corrected chi connectivity index (χ0v) is 10.7. The number of nitrogens with zero attached hydrogens (tertiary/aromatic N) is 1. The second-order valence-electron chi connectivity index (χ2n) is 5.52. The van der Waals surface area contributed by atoms with E-state index in [1.807, 2.05) is 0 Å². The molecule has 3 nitrogen and oxygen atoms in total. The van der Waals surface area contributed by atoms with E-state index in [1.54, 1.807) is 7.11 Å². The van der Waals surface area contributed by atoms with Gasteiger partial charge in [-0.2, -0.15) is 0 Å². The first-order valence-corrected chi connectivity index (χ1v) is 6.74. The average molecular weight is 226 g/mol. The Morgan fingerprint density at radius 2 is 2.00 bits per heavy atom. The van der Waals surface area contributed by atoms with E-state index in [9.17, 15) is 0 Å². The fourth-order valence-electron chi connectivity index (χ4n) is 3.29. The first-order valence-electron chi connectivity index (χ1n) is 6.74. The molecular weight excluding hydrogens is 200 g/mol. The summed E-state index contributed by atoms with van der Waals surface area (Å²) in [5.41, 5.74) is 0. The van der Waals surface area contributed by atoms with E-state index >= 15 is 0 Å². The normalized spacial score (nSPS) is 31.9. The van der Waals surface area contributed by atoms with Crippen LogP contribution >= 0.6 is 0 Å². The van der Waals surface area contributed by atoms with Gasteiger partial charge in [0.05, 0.1) is 6.61 Å². The molecular formula is C13H26N2O. The van der Waals surface area contributed by atoms with E-state index in [-0.39, 0.29) is 0 Å². The number of fused-ring (bicyclic) bond motifs is 1. The maximum Gasteiger partial charge on any atom is 0.0613 e. The van der Waals surface area contributed by atoms with Crippen molar-refractivity contribution in [3.05, 3.63) is 0 Å². The zero-order chi connectivity index (χ0) is 11.4. The summed E-state index contributed by atoms with van der Waals surface area (Å²) in [5.74, 6) is 2.05. The lowest BCUT2D eigenvalue weighted by molar-refractivity contribution is 0.170. The van der Waals surface area contributed by atoms with E-state index < -0.39 is 0 Å². The summed E-state index contributed by atoms with van der Waals surface area (Å²) in [4.78, 5) is 2.64. The van der Waals surface area contributed by atoms with Crippen LogP contribution < -0.4 is 5.32 Å². The van der Waals surface area contributed by atoms with Crippen molar-refractivity contribution in [2.75, 3.05) is 39.9 Å². The fraction of sp³-hybridized carbons (Fsp3) is 1.00. The van der Waals surface area contributed by atoms with E-state index in [4.69, 9.17) is 4.74 Å². The second kappa shape index (κ2) is 5.99. The Kier molecular flexibility index (Phi) is 4.62. The van der Waals surface area contributed by atoms with E-state index in [0.29, 0.717) is 6.04 Å². The Bertz CT molecular complexity index is 198. The molecule has 0 aromatic carbocycles. The Balaban J connectivity index is 1.57. The lowest BCUT2D eigenvalue weighted by atomic mass is 10.0. The summed E-state index contributed by atoms with van der Waals surface area (Å²) in [7, 11) is 1.76. The van der Waals surface area contributed by atoms with Gasteiger partial charge in [-0.1, -0.05) is 6.42 Å². The lowest BCUT2D eigenvalue weighted by Gasteiger charge is -2.19. The molecule has 3 atom stereocenters. The smallest absolute Gasteiger partial charge is 0.0613 e. The minimum absolute atomic E-state index is 0.479. The molecule has 3 unspecified atom stereocenters. The molecule has 2 aliphatic rings. The minimum Gasteiger partial charge on any atom is -0.383 e. The number of ether oxygens (including phenoxy) is 1. The summed E-state index contributed by atoms with van der Waals surface area (Å²) < 4.78 is 5.11. The van der Waals surface area contributed by atoms with E-state index in [1.165, 1.54) is 38.9 Å². The van der Waals surface area contributed by atoms with Crippen molar-refractivity contribution in [2.24, 2.45) is 11.8 Å². The van der Waals surface area contributed by atoms with Gasteiger partial charge in [-0.05, 0) is 31.6 Å². The first-order chi connectivity index (χ1) is 7.79. The highest BCUT2D eigenvalue weighted by Gasteiger charge is 2.35. The van der Waals surface area contributed by atoms with Crippen LogP contribution in [0.15, 0.2) is 0 Å². The molecule has 0 aromatic rings. The van der Waals surface area contributed by atoms with Crippen LogP contribution in [-0.4, -0.2) is 50.8 Å². The van der Waals surface area contributed by atoms with Gasteiger partial charge in [0, 0.05) is 39.3 Å². The third-order valence-electron chi connectivity index (χ3n) is 4.14. The third-order valence-corrected chi connectivity index (χ3v) is 4.14. The second-order valence-corrected chi connectivity index (χ2v) is 5.52. The predicted molar refractivity (Wildman–Crippen MR) is 66.6 cm³/mol. The van der Waals surface area contributed by atoms with Crippen molar-refractivity contribution in [3.63, 3.8) is 0 Å². The summed E-state index contributed by atoms with van der Waals surface area (Å²) in [5, 5.41) is 3.51. The molecule has 3 heteroatoms. The molecule has 1 aliphatic carbocycles. The molecule has 1 saturated heterocycles. The fourth-order valence-corrected chi connectivity index (χ4v) is 3.29. The number of methoxy groups -OCH3 is 1. The SMILES string of the molecule is COCC(C)NCCN1CC2CCCC2C1. The quantitative estimate of drug-likeness (QED) is 0.740. The number of hydrogen-bond acceptors (Lipinski definition) is 3. The van der Waals surface area contributed by atoms with Gasteiger partial charge in [0.1, 0.15) is 0 Å². The Hall–Kier alpha value is -0.120. The molecule has 16 heavy (non-hydrogen) atoms. The lowest BCUT2D eigenvalue weighted by Crippen LogP contribution is -2.37. The topological polar surface area (TPSA) is 24.5 Å². The molecule has 0 radical (unpaired) electrons. The number of nitrogens with one attached hydrogen (secondary N) is 1. The van der Waals surface area contributed by atoms with Crippen molar-refractivity contribution < 1.29 is 4.74 Å². The molecule has 0 amide bonds. The Morgan fingerprint density at radius 3 is 2.62 bits per heavy atom. The van der Waals surface area contributed by atoms with Gasteiger partial charge in [-0.25, -0.2) is 0 Å². The maximum atomic E-state index is 5.11. The monoisotopic (exact) mass is 226 g/mol. The van der Waals surface area contributed by atoms with Crippen molar-refractivity contribution >= 4 is 0 Å². The van der Waals surface area contributed by atoms with Crippen molar-refractivity contribution in [3.8, 4) is 0 Å². The number of likely N-dealkylation sites (tertiary alicyclic amines) is 1. The summed E-state index contributed by atoms with van der Waals surface area (Å²) >= 11 is 0. The molecule has 2 rings (SSSR count). The van der Waals surface area contributed by atoms with E-state index in [0.717, 1.165) is 25.0 Å². The van der Waals surface area contributed by atoms with Crippen LogP contribution in [0.5, 0.6) is 0 Å². The molecule has 1 aliphatic heterocycles. The standard InChI is InChI=1S/C13H26N2O/c1-11(10-16-2)14-6-7-15-8-12-4-3-5-13(12)9-15/h11-14H,3-10H2,1-2H3. The van der Waals surface area contributed by atoms with Gasteiger partial charge >= 0.3 is 0 Å². The van der Waals surface area contributed by atoms with Crippen LogP contribution in [0.1, 0.15) is 26.2 Å². The molecule has 1 heterocycles. The van der Waals surface area contributed by atoms with Crippen LogP contribution in [0, 0.1) is 11.8 Å². The van der Waals surface area contributed by atoms with Crippen molar-refractivity contribution in [1.82, 2.24) is 10.2 Å². The zero-order valence-electron chi connectivity index (χ0n) is 10.7. The van der Waals surface area contributed by atoms with Gasteiger partial charge in [-0.15, -0.1) is 0 Å². The van der Waals surface area contributed by atoms with Crippen LogP contribution in [0.4, 0.5) is 0 Å². The molecule has 1 N–H and O–H groups in total. The summed E-state index contributed by atoms with van der Waals surface area (Å²) in [6.07, 6.45) is 4.44. The third kappa shape index (κ3) is 3.19. The van der Waals surface area contributed by atoms with Crippen LogP contribution in [0.2, 0.25) is 0 Å². The van der Waals surface area contributed by atoms with Gasteiger partial charge < -0.3 is 15.0 Å². The predicted octanol–water partition coefficient (Wildman–Crippen LogP) is 1.34. The van der Waals surface area contributed by atoms with Crippen molar-refractivity contribution in [2.45, 2.75) is 32.2 Å². The van der Waals surface area contributed by atoms with Gasteiger partial charge in [-0.3, -0.25) is 0 Å². The summed E-state index contributed by atoms with van der Waals surface area (Å²) in [6.45, 7) is 8.01. The highest BCUT2D eigenvalue weighted by molar-refractivity contribution is 4.88. The Morgan fingerprint density at radius 1 is 1.31 bits per heavy atom. The van der Waals surface area contributed by atoms with E-state index in [2.05, 4.69) is 17.1 Å². The van der Waals surface area contributed by atoms with Gasteiger partial charge in [0.2, 0.25) is 0 Å². The van der Waals surface area contributed by atoms with Gasteiger partial charge in [0.15, 0.2) is 0 Å². The average Bonchev–Trinajstić information content (AvgIpc) is 2.78. The van der Waals surface area contributed by atoms with Crippen LogP contribution in [0.25, 0.3) is 0 Å². The molecule has 2 fully saturated rings. The molecule has 0 aromatic heterocycles. The molecule has 94 valence electrons. The summed E-state index contributed by atoms with van der Waals surface area (Å²) in [6, 6.07) is 0.479. The minimum atomic E-state index is 0.479. The van der Waals surface area contributed by atoms with Crippen LogP contribution in [0.3, 0.4) is 0 Å². The van der Waals surface area contributed by atoms with Gasteiger partial charge in [0.25, 0.3) is 0 Å². The Labute approximate surface area is 99.5 Å². The number of hydrogen-bond donors (Lipinski definition) is 1. The maximum absolute atomic E-state index is 5.11. The molecule has 0 bridgehead atoms. The van der Waals surface area contributed by atoms with Crippen LogP contribution in [-0.2, 0) is 4.74 Å². The molecule has 0 spiro atoms. The highest BCUT2D eigenvalue weighted by Crippen LogP contribution is 2.37. The van der Waals surface area contributed by atoms with Crippen molar-refractivity contribution in [1.29, 1.82) is 0 Å².